The second-order valence-corrected chi connectivity index (χ2v) is 6.06. The van der Waals surface area contributed by atoms with Gasteiger partial charge >= 0.3 is 0 Å². The van der Waals surface area contributed by atoms with Crippen LogP contribution in [0.4, 0.5) is 8.78 Å². The van der Waals surface area contributed by atoms with Crippen molar-refractivity contribution in [2.75, 3.05) is 13.1 Å². The van der Waals surface area contributed by atoms with Crippen molar-refractivity contribution in [2.45, 2.75) is 45.6 Å². The molecule has 96 valence electrons. The molecule has 1 aromatic rings. The van der Waals surface area contributed by atoms with Crippen molar-refractivity contribution in [1.29, 1.82) is 0 Å². The summed E-state index contributed by atoms with van der Waals surface area (Å²) in [5.74, 6) is -2.49. The zero-order valence-electron chi connectivity index (χ0n) is 10.4. The first-order valence-electron chi connectivity index (χ1n) is 6.18. The first-order valence-corrected chi connectivity index (χ1v) is 7.00. The molecule has 1 aliphatic heterocycles. The smallest absolute Gasteiger partial charge is 0.260 e. The van der Waals surface area contributed by atoms with Gasteiger partial charge in [0.05, 0.1) is 6.54 Å². The third-order valence-corrected chi connectivity index (χ3v) is 4.61. The van der Waals surface area contributed by atoms with E-state index in [9.17, 15) is 8.78 Å². The van der Waals surface area contributed by atoms with E-state index in [2.05, 4.69) is 19.9 Å². The number of alkyl halides is 2. The van der Waals surface area contributed by atoms with Crippen molar-refractivity contribution in [2.24, 2.45) is 0 Å². The van der Waals surface area contributed by atoms with E-state index in [0.717, 1.165) is 13.0 Å². The number of thiophene rings is 1. The molecule has 1 nitrogen and oxygen atoms in total. The molecule has 2 heterocycles. The Morgan fingerprint density at radius 2 is 2.24 bits per heavy atom. The Bertz CT molecular complexity index is 387. The van der Waals surface area contributed by atoms with Crippen LogP contribution in [0.25, 0.3) is 0 Å². The lowest BCUT2D eigenvalue weighted by Gasteiger charge is -2.31. The van der Waals surface area contributed by atoms with Gasteiger partial charge in [-0.05, 0) is 37.9 Å². The third-order valence-electron chi connectivity index (χ3n) is 3.24. The maximum atomic E-state index is 13.3. The zero-order chi connectivity index (χ0) is 12.5. The molecule has 1 fully saturated rings. The lowest BCUT2D eigenvalue weighted by Crippen LogP contribution is -2.41. The minimum atomic E-state index is -2.49. The summed E-state index contributed by atoms with van der Waals surface area (Å²) in [6.07, 6.45) is 1.69. The molecule has 1 aromatic heterocycles. The van der Waals surface area contributed by atoms with Crippen molar-refractivity contribution >= 4 is 11.3 Å². The van der Waals surface area contributed by atoms with Crippen LogP contribution in [-0.2, 0) is 13.0 Å². The van der Waals surface area contributed by atoms with E-state index in [1.165, 1.54) is 15.3 Å². The van der Waals surface area contributed by atoms with Crippen LogP contribution >= 0.6 is 11.3 Å². The van der Waals surface area contributed by atoms with Gasteiger partial charge in [-0.1, -0.05) is 6.92 Å². The lowest BCUT2D eigenvalue weighted by molar-refractivity contribution is -0.0658. The fraction of sp³-hybridized carbons (Fsp3) is 0.692. The van der Waals surface area contributed by atoms with Crippen LogP contribution in [0.1, 0.15) is 35.1 Å². The summed E-state index contributed by atoms with van der Waals surface area (Å²) in [6, 6.07) is 2.15. The van der Waals surface area contributed by atoms with Crippen LogP contribution in [0.5, 0.6) is 0 Å². The average molecular weight is 259 g/mol. The van der Waals surface area contributed by atoms with Crippen LogP contribution in [-0.4, -0.2) is 23.9 Å². The molecule has 1 saturated heterocycles. The quantitative estimate of drug-likeness (QED) is 0.797. The molecule has 1 aliphatic rings. The van der Waals surface area contributed by atoms with E-state index >= 15 is 0 Å². The van der Waals surface area contributed by atoms with Crippen LogP contribution in [0.15, 0.2) is 6.07 Å². The van der Waals surface area contributed by atoms with Crippen molar-refractivity contribution in [3.05, 3.63) is 21.4 Å². The molecule has 0 aliphatic carbocycles. The standard InChI is InChI=1S/C13H19F2NS/c1-3-12-10(2)7-11(17-12)8-16-6-4-5-13(14,15)9-16/h7H,3-6,8-9H2,1-2H3. The summed E-state index contributed by atoms with van der Waals surface area (Å²) in [5.41, 5.74) is 1.30. The van der Waals surface area contributed by atoms with Crippen molar-refractivity contribution in [1.82, 2.24) is 4.90 Å². The third kappa shape index (κ3) is 3.26. The molecule has 4 heteroatoms. The molecule has 0 amide bonds. The number of aryl methyl sites for hydroxylation is 2. The normalized spacial score (nSPS) is 20.7. The van der Waals surface area contributed by atoms with Gasteiger partial charge in [0.1, 0.15) is 0 Å². The Kier molecular flexibility index (Phi) is 3.83. The summed E-state index contributed by atoms with van der Waals surface area (Å²) >= 11 is 1.77. The number of hydrogen-bond donors (Lipinski definition) is 0. The molecule has 0 atom stereocenters. The van der Waals surface area contributed by atoms with Gasteiger partial charge in [-0.25, -0.2) is 8.78 Å². The second-order valence-electron chi connectivity index (χ2n) is 4.84. The fourth-order valence-corrected chi connectivity index (χ4v) is 3.58. The molecule has 0 N–H and O–H groups in total. The van der Waals surface area contributed by atoms with Crippen molar-refractivity contribution < 1.29 is 8.78 Å². The van der Waals surface area contributed by atoms with Gasteiger partial charge in [0.15, 0.2) is 0 Å². The van der Waals surface area contributed by atoms with Crippen molar-refractivity contribution in [3.8, 4) is 0 Å². The lowest BCUT2D eigenvalue weighted by atomic mass is 10.1. The van der Waals surface area contributed by atoms with Gasteiger partial charge in [0, 0.05) is 22.7 Å². The molecule has 0 spiro atoms. The summed E-state index contributed by atoms with van der Waals surface area (Å²) in [7, 11) is 0. The predicted molar refractivity (Wildman–Crippen MR) is 67.9 cm³/mol. The molecular formula is C13H19F2NS. The Hall–Kier alpha value is -0.480. The maximum Gasteiger partial charge on any atom is 0.260 e. The van der Waals surface area contributed by atoms with Crippen LogP contribution in [0.3, 0.4) is 0 Å². The number of rotatable bonds is 3. The summed E-state index contributed by atoms with van der Waals surface area (Å²) in [5, 5.41) is 0. The minimum absolute atomic E-state index is 0.0488. The molecule has 0 aromatic carbocycles. The summed E-state index contributed by atoms with van der Waals surface area (Å²) < 4.78 is 26.5. The highest BCUT2D eigenvalue weighted by Gasteiger charge is 2.35. The van der Waals surface area contributed by atoms with E-state index in [4.69, 9.17) is 0 Å². The van der Waals surface area contributed by atoms with E-state index in [1.54, 1.807) is 11.3 Å². The van der Waals surface area contributed by atoms with Gasteiger partial charge in [0.2, 0.25) is 0 Å². The second kappa shape index (κ2) is 5.02. The Morgan fingerprint density at radius 1 is 1.47 bits per heavy atom. The maximum absolute atomic E-state index is 13.3. The highest BCUT2D eigenvalue weighted by atomic mass is 32.1. The highest BCUT2D eigenvalue weighted by molar-refractivity contribution is 7.12. The van der Waals surface area contributed by atoms with Crippen LogP contribution in [0, 0.1) is 6.92 Å². The number of hydrogen-bond acceptors (Lipinski definition) is 2. The molecular weight excluding hydrogens is 240 g/mol. The van der Waals surface area contributed by atoms with E-state index in [-0.39, 0.29) is 13.0 Å². The molecule has 0 saturated carbocycles. The summed E-state index contributed by atoms with van der Waals surface area (Å²) in [6.45, 7) is 5.64. The Morgan fingerprint density at radius 3 is 2.82 bits per heavy atom. The van der Waals surface area contributed by atoms with Crippen molar-refractivity contribution in [3.63, 3.8) is 0 Å². The van der Waals surface area contributed by atoms with Gasteiger partial charge < -0.3 is 0 Å². The highest BCUT2D eigenvalue weighted by Crippen LogP contribution is 2.29. The number of halogens is 2. The predicted octanol–water partition coefficient (Wildman–Crippen LogP) is 3.85. The molecule has 0 bridgehead atoms. The van der Waals surface area contributed by atoms with E-state index < -0.39 is 5.92 Å². The average Bonchev–Trinajstić information content (AvgIpc) is 2.57. The summed E-state index contributed by atoms with van der Waals surface area (Å²) in [4.78, 5) is 4.48. The number of likely N-dealkylation sites (tertiary alicyclic amines) is 1. The first kappa shape index (κ1) is 13.0. The molecule has 2 rings (SSSR count). The SMILES string of the molecule is CCc1sc(CN2CCCC(F)(F)C2)cc1C. The number of nitrogens with zero attached hydrogens (tertiary/aromatic N) is 1. The van der Waals surface area contributed by atoms with Gasteiger partial charge in [-0.2, -0.15) is 0 Å². The van der Waals surface area contributed by atoms with Gasteiger partial charge in [0.25, 0.3) is 5.92 Å². The van der Waals surface area contributed by atoms with Crippen LogP contribution < -0.4 is 0 Å². The monoisotopic (exact) mass is 259 g/mol. The molecule has 0 radical (unpaired) electrons. The number of piperidine rings is 1. The topological polar surface area (TPSA) is 3.24 Å². The van der Waals surface area contributed by atoms with Gasteiger partial charge in [-0.15, -0.1) is 11.3 Å². The zero-order valence-corrected chi connectivity index (χ0v) is 11.2. The molecule has 0 unspecified atom stereocenters. The largest absolute Gasteiger partial charge is 0.292 e. The van der Waals surface area contributed by atoms with Gasteiger partial charge in [-0.3, -0.25) is 4.90 Å². The first-order chi connectivity index (χ1) is 8.00. The Labute approximate surface area is 105 Å². The van der Waals surface area contributed by atoms with E-state index in [1.807, 2.05) is 4.90 Å². The Balaban J connectivity index is 2.00. The fourth-order valence-electron chi connectivity index (χ4n) is 2.42. The molecule has 17 heavy (non-hydrogen) atoms. The van der Waals surface area contributed by atoms with Crippen LogP contribution in [0.2, 0.25) is 0 Å². The minimum Gasteiger partial charge on any atom is -0.292 e. The van der Waals surface area contributed by atoms with E-state index in [0.29, 0.717) is 13.0 Å².